The van der Waals surface area contributed by atoms with Crippen LogP contribution in [0.1, 0.15) is 84.6 Å². The summed E-state index contributed by atoms with van der Waals surface area (Å²) in [7, 11) is 0. The Labute approximate surface area is 271 Å². The second-order valence-electron chi connectivity index (χ2n) is 13.1. The zero-order chi connectivity index (χ0) is 34.1. The van der Waals surface area contributed by atoms with Crippen LogP contribution >= 0.6 is 0 Å². The van der Waals surface area contributed by atoms with Crippen LogP contribution in [0.3, 0.4) is 0 Å². The van der Waals surface area contributed by atoms with Gasteiger partial charge in [0.05, 0.1) is 12.2 Å². The molecular formula is C33H51N7O6. The molecule has 1 aromatic heterocycles. The van der Waals surface area contributed by atoms with Crippen molar-refractivity contribution in [2.45, 2.75) is 110 Å². The van der Waals surface area contributed by atoms with Crippen LogP contribution in [0.25, 0.3) is 0 Å². The molecule has 1 fully saturated rings. The topological polar surface area (TPSA) is 183 Å². The number of amides is 5. The summed E-state index contributed by atoms with van der Waals surface area (Å²) in [6.45, 7) is 13.1. The van der Waals surface area contributed by atoms with Gasteiger partial charge in [0.1, 0.15) is 23.8 Å². The molecule has 0 radical (unpaired) electrons. The van der Waals surface area contributed by atoms with E-state index in [0.29, 0.717) is 32.2 Å². The van der Waals surface area contributed by atoms with Crippen LogP contribution < -0.4 is 21.3 Å². The minimum atomic E-state index is -1.45. The summed E-state index contributed by atoms with van der Waals surface area (Å²) in [5.74, 6) is -3.35. The lowest BCUT2D eigenvalue weighted by Gasteiger charge is -2.34. The zero-order valence-electron chi connectivity index (χ0n) is 28.0. The third-order valence-electron chi connectivity index (χ3n) is 8.88. The Morgan fingerprint density at radius 2 is 1.63 bits per heavy atom. The third kappa shape index (κ3) is 8.89. The van der Waals surface area contributed by atoms with Gasteiger partial charge in [-0.2, -0.15) is 0 Å². The van der Waals surface area contributed by atoms with Gasteiger partial charge < -0.3 is 31.3 Å². The zero-order valence-corrected chi connectivity index (χ0v) is 28.0. The molecule has 5 N–H and O–H groups in total. The molecule has 0 spiro atoms. The summed E-state index contributed by atoms with van der Waals surface area (Å²) in [6, 6.07) is -3.75. The van der Waals surface area contributed by atoms with Crippen molar-refractivity contribution >= 4 is 29.5 Å². The van der Waals surface area contributed by atoms with Crippen molar-refractivity contribution in [2.75, 3.05) is 6.54 Å². The van der Waals surface area contributed by atoms with Crippen molar-refractivity contribution in [3.63, 3.8) is 0 Å². The number of hydrogen-bond donors (Lipinski definition) is 5. The van der Waals surface area contributed by atoms with Gasteiger partial charge in [0.25, 0.3) is 11.8 Å². The SMILES string of the molecule is CCCC(NC(=O)C1C2CC=CC2CN1C(=O)[C@@H](NC(=O)[C@@H](NC(=O)c1cnccn1)C(C)C)C(C)C)C(O)C(=O)N[C@@H](C)CC. The average Bonchev–Trinajstić information content (AvgIpc) is 3.63. The molecule has 2 heterocycles. The van der Waals surface area contributed by atoms with Crippen LogP contribution in [0, 0.1) is 23.7 Å². The van der Waals surface area contributed by atoms with E-state index in [1.807, 2.05) is 32.9 Å². The highest BCUT2D eigenvalue weighted by molar-refractivity contribution is 5.98. The minimum Gasteiger partial charge on any atom is -0.381 e. The molecule has 0 aromatic carbocycles. The molecule has 13 nitrogen and oxygen atoms in total. The fraction of sp³-hybridized carbons (Fsp3) is 0.667. The van der Waals surface area contributed by atoms with Crippen LogP contribution in [-0.4, -0.2) is 92.4 Å². The molecule has 5 unspecified atom stereocenters. The smallest absolute Gasteiger partial charge is 0.272 e. The summed E-state index contributed by atoms with van der Waals surface area (Å²) in [6.07, 6.45) is 8.97. The van der Waals surface area contributed by atoms with Gasteiger partial charge >= 0.3 is 0 Å². The highest BCUT2D eigenvalue weighted by Crippen LogP contribution is 2.39. The van der Waals surface area contributed by atoms with Crippen molar-refractivity contribution in [1.29, 1.82) is 0 Å². The van der Waals surface area contributed by atoms with Gasteiger partial charge in [-0.05, 0) is 43.9 Å². The number of likely N-dealkylation sites (tertiary alicyclic amines) is 1. The summed E-state index contributed by atoms with van der Waals surface area (Å²) in [4.78, 5) is 76.7. The number of allylic oxidation sites excluding steroid dienone is 1. The van der Waals surface area contributed by atoms with Gasteiger partial charge in [-0.25, -0.2) is 4.98 Å². The molecule has 13 heteroatoms. The molecule has 3 rings (SSSR count). The molecule has 2 aliphatic rings. The first-order chi connectivity index (χ1) is 21.8. The van der Waals surface area contributed by atoms with Crippen molar-refractivity contribution < 1.29 is 29.1 Å². The second-order valence-corrected chi connectivity index (χ2v) is 13.1. The van der Waals surface area contributed by atoms with Crippen LogP contribution in [0.15, 0.2) is 30.7 Å². The van der Waals surface area contributed by atoms with Crippen molar-refractivity contribution in [3.8, 4) is 0 Å². The van der Waals surface area contributed by atoms with E-state index < -0.39 is 59.8 Å². The number of aromatic nitrogens is 2. The Morgan fingerprint density at radius 3 is 2.22 bits per heavy atom. The van der Waals surface area contributed by atoms with Crippen LogP contribution in [0.5, 0.6) is 0 Å². The Kier molecular flexibility index (Phi) is 13.2. The quantitative estimate of drug-likeness (QED) is 0.178. The standard InChI is InChI=1S/C33H51N7O6/c1-8-11-23(28(41)32(45)36-20(7)9-2)37-31(44)27-22-13-10-12-21(22)17-40(27)33(46)26(19(5)6)39-30(43)25(18(3)4)38-29(42)24-16-34-14-15-35-24/h10,12,14-16,18-23,25-28,41H,8-9,11,13,17H2,1-7H3,(H,36,45)(H,37,44)(H,38,42)(H,39,43)/t20-,21?,22?,23?,25-,26-,27?,28?/m0/s1. The van der Waals surface area contributed by atoms with Crippen molar-refractivity contribution in [1.82, 2.24) is 36.1 Å². The third-order valence-corrected chi connectivity index (χ3v) is 8.88. The number of fused-ring (bicyclic) bond motifs is 1. The first-order valence-corrected chi connectivity index (χ1v) is 16.4. The molecule has 1 saturated heterocycles. The fourth-order valence-electron chi connectivity index (χ4n) is 6.02. The number of hydrogen-bond acceptors (Lipinski definition) is 8. The molecule has 0 saturated carbocycles. The highest BCUT2D eigenvalue weighted by Gasteiger charge is 2.50. The van der Waals surface area contributed by atoms with Gasteiger partial charge in [-0.3, -0.25) is 29.0 Å². The fourth-order valence-corrected chi connectivity index (χ4v) is 6.02. The lowest BCUT2D eigenvalue weighted by molar-refractivity contribution is -0.144. The maximum absolute atomic E-state index is 14.2. The lowest BCUT2D eigenvalue weighted by Crippen LogP contribution is -2.61. The second kappa shape index (κ2) is 16.6. The number of aliphatic hydroxyl groups is 1. The van der Waals surface area contributed by atoms with E-state index in [2.05, 4.69) is 31.2 Å². The lowest BCUT2D eigenvalue weighted by atomic mass is 9.91. The molecule has 1 aromatic rings. The van der Waals surface area contributed by atoms with Crippen LogP contribution in [-0.2, 0) is 19.2 Å². The maximum Gasteiger partial charge on any atom is 0.272 e. The summed E-state index contributed by atoms with van der Waals surface area (Å²) < 4.78 is 0. The van der Waals surface area contributed by atoms with E-state index in [4.69, 9.17) is 0 Å². The van der Waals surface area contributed by atoms with Crippen LogP contribution in [0.4, 0.5) is 0 Å². The van der Waals surface area contributed by atoms with E-state index in [9.17, 15) is 29.1 Å². The molecule has 1 aliphatic heterocycles. The monoisotopic (exact) mass is 641 g/mol. The summed E-state index contributed by atoms with van der Waals surface area (Å²) >= 11 is 0. The van der Waals surface area contributed by atoms with Gasteiger partial charge in [0.15, 0.2) is 6.10 Å². The first-order valence-electron chi connectivity index (χ1n) is 16.4. The van der Waals surface area contributed by atoms with Crippen LogP contribution in [0.2, 0.25) is 0 Å². The van der Waals surface area contributed by atoms with E-state index >= 15 is 0 Å². The number of rotatable bonds is 15. The van der Waals surface area contributed by atoms with Gasteiger partial charge in [-0.15, -0.1) is 0 Å². The number of aliphatic hydroxyl groups excluding tert-OH is 1. The van der Waals surface area contributed by atoms with E-state index in [0.717, 1.165) is 0 Å². The van der Waals surface area contributed by atoms with E-state index in [1.54, 1.807) is 27.7 Å². The Hall–Kier alpha value is -3.87. The summed E-state index contributed by atoms with van der Waals surface area (Å²) in [5, 5.41) is 22.1. The van der Waals surface area contributed by atoms with Gasteiger partial charge in [0, 0.05) is 30.9 Å². The van der Waals surface area contributed by atoms with Gasteiger partial charge in [0.2, 0.25) is 17.7 Å². The Balaban J connectivity index is 1.80. The molecule has 254 valence electrons. The number of carbonyl (C=O) groups is 5. The molecule has 5 amide bonds. The Morgan fingerprint density at radius 1 is 0.935 bits per heavy atom. The number of carbonyl (C=O) groups excluding carboxylic acids is 5. The Bertz CT molecular complexity index is 1260. The largest absolute Gasteiger partial charge is 0.381 e. The molecule has 46 heavy (non-hydrogen) atoms. The average molecular weight is 642 g/mol. The van der Waals surface area contributed by atoms with Crippen molar-refractivity contribution in [2.24, 2.45) is 23.7 Å². The number of nitrogens with zero attached hydrogens (tertiary/aromatic N) is 3. The number of nitrogens with one attached hydrogen (secondary N) is 4. The first kappa shape index (κ1) is 36.6. The van der Waals surface area contributed by atoms with E-state index in [-0.39, 0.29) is 35.4 Å². The predicted molar refractivity (Wildman–Crippen MR) is 172 cm³/mol. The minimum absolute atomic E-state index is 0.0406. The maximum atomic E-state index is 14.2. The van der Waals surface area contributed by atoms with Gasteiger partial charge in [-0.1, -0.05) is 60.1 Å². The predicted octanol–water partition coefficient (Wildman–Crippen LogP) is 1.34. The normalized spacial score (nSPS) is 22.0. The molecule has 1 aliphatic carbocycles. The summed E-state index contributed by atoms with van der Waals surface area (Å²) in [5.41, 5.74) is 0.0619. The van der Waals surface area contributed by atoms with Crippen molar-refractivity contribution in [3.05, 3.63) is 36.4 Å². The molecule has 8 atom stereocenters. The highest BCUT2D eigenvalue weighted by atomic mass is 16.3. The molecule has 0 bridgehead atoms. The van der Waals surface area contributed by atoms with E-state index in [1.165, 1.54) is 23.5 Å². The molecular weight excluding hydrogens is 590 g/mol.